The van der Waals surface area contributed by atoms with Gasteiger partial charge in [-0.3, -0.25) is 15.2 Å². The number of hydrogen-bond acceptors (Lipinski definition) is 5. The number of nitrogens with one attached hydrogen (secondary N) is 1. The molecule has 0 aliphatic carbocycles. The van der Waals surface area contributed by atoms with Crippen molar-refractivity contribution in [1.82, 2.24) is 5.43 Å². The van der Waals surface area contributed by atoms with E-state index in [9.17, 15) is 15.0 Å². The Morgan fingerprint density at radius 2 is 2.12 bits per heavy atom. The number of nitrogens with zero attached hydrogens (tertiary/aromatic N) is 1. The van der Waals surface area contributed by atoms with Crippen LogP contribution in [-0.2, 0) is 4.79 Å². The average molecular weight is 221 g/mol. The van der Waals surface area contributed by atoms with Crippen LogP contribution in [0.5, 0.6) is 0 Å². The lowest BCUT2D eigenvalue weighted by Gasteiger charge is -2.20. The fourth-order valence-electron chi connectivity index (χ4n) is 1.65. The molecule has 1 amide bonds. The van der Waals surface area contributed by atoms with Crippen LogP contribution >= 0.6 is 0 Å². The topological polar surface area (TPSA) is 108 Å². The third-order valence-electron chi connectivity index (χ3n) is 2.51. The standard InChI is InChI=1S/C10H11N3O3/c11-13-9(14)10(15,16)7-5-12-8-4-2-1-3-6(7)8/h1-4,15-16H,5,11H2,(H,13,14). The predicted molar refractivity (Wildman–Crippen MR) is 55.0 cm³/mol. The Bertz CT molecular complexity index is 551. The summed E-state index contributed by atoms with van der Waals surface area (Å²) in [7, 11) is 0. The van der Waals surface area contributed by atoms with Gasteiger partial charge in [-0.05, 0) is 6.07 Å². The number of hydrogen-bond donors (Lipinski definition) is 4. The monoisotopic (exact) mass is 221 g/mol. The van der Waals surface area contributed by atoms with E-state index in [1.54, 1.807) is 29.7 Å². The van der Waals surface area contributed by atoms with Gasteiger partial charge in [0.15, 0.2) is 0 Å². The van der Waals surface area contributed by atoms with Crippen molar-refractivity contribution in [2.24, 2.45) is 10.8 Å². The lowest BCUT2D eigenvalue weighted by Crippen LogP contribution is -2.52. The molecule has 1 aromatic rings. The molecule has 2 rings (SSSR count). The predicted octanol–water partition coefficient (Wildman–Crippen LogP) is -2.86. The summed E-state index contributed by atoms with van der Waals surface area (Å²) in [5.41, 5.74) is 1.84. The van der Waals surface area contributed by atoms with Crippen LogP contribution in [0.1, 0.15) is 0 Å². The van der Waals surface area contributed by atoms with Gasteiger partial charge in [0, 0.05) is 10.8 Å². The second-order valence-electron chi connectivity index (χ2n) is 3.46. The molecule has 0 saturated carbocycles. The summed E-state index contributed by atoms with van der Waals surface area (Å²) in [6.07, 6.45) is 0. The van der Waals surface area contributed by atoms with Crippen molar-refractivity contribution in [3.05, 3.63) is 34.8 Å². The molecule has 1 aliphatic heterocycles. The molecule has 1 heterocycles. The maximum atomic E-state index is 11.2. The molecular weight excluding hydrogens is 210 g/mol. The first-order chi connectivity index (χ1) is 7.57. The van der Waals surface area contributed by atoms with E-state index in [2.05, 4.69) is 4.99 Å². The molecular formula is C10H11N3O3. The number of rotatable bonds is 2. The van der Waals surface area contributed by atoms with Gasteiger partial charge in [-0.1, -0.05) is 18.2 Å². The van der Waals surface area contributed by atoms with E-state index in [4.69, 9.17) is 5.84 Å². The van der Waals surface area contributed by atoms with E-state index >= 15 is 0 Å². The zero-order chi connectivity index (χ0) is 11.8. The lowest BCUT2D eigenvalue weighted by molar-refractivity contribution is -0.165. The maximum absolute atomic E-state index is 11.2. The minimum absolute atomic E-state index is 0.0692. The lowest BCUT2D eigenvalue weighted by atomic mass is 10.0. The number of carbonyl (C=O) groups is 1. The van der Waals surface area contributed by atoms with Crippen molar-refractivity contribution in [2.45, 2.75) is 5.79 Å². The molecule has 84 valence electrons. The normalized spacial score (nSPS) is 14.3. The number of hydrazine groups is 1. The molecule has 6 heteroatoms. The Morgan fingerprint density at radius 3 is 2.81 bits per heavy atom. The molecule has 0 unspecified atom stereocenters. The van der Waals surface area contributed by atoms with Gasteiger partial charge >= 0.3 is 0 Å². The van der Waals surface area contributed by atoms with Gasteiger partial charge in [-0.2, -0.15) is 0 Å². The molecule has 0 radical (unpaired) electrons. The van der Waals surface area contributed by atoms with Crippen LogP contribution in [0.2, 0.25) is 0 Å². The number of amides is 1. The highest BCUT2D eigenvalue weighted by Crippen LogP contribution is 2.15. The number of benzene rings is 1. The Balaban J connectivity index is 2.62. The molecule has 16 heavy (non-hydrogen) atoms. The van der Waals surface area contributed by atoms with E-state index in [1.807, 2.05) is 0 Å². The smallest absolute Gasteiger partial charge is 0.298 e. The first kappa shape index (κ1) is 10.7. The molecule has 0 bridgehead atoms. The highest BCUT2D eigenvalue weighted by atomic mass is 16.5. The fraction of sp³-hybridized carbons (Fsp3) is 0.200. The number of aliphatic hydroxyl groups is 2. The third-order valence-corrected chi connectivity index (χ3v) is 2.51. The highest BCUT2D eigenvalue weighted by molar-refractivity contribution is 5.93. The molecule has 0 spiro atoms. The van der Waals surface area contributed by atoms with E-state index in [1.165, 1.54) is 0 Å². The largest absolute Gasteiger partial charge is 0.355 e. The quantitative estimate of drug-likeness (QED) is 0.186. The summed E-state index contributed by atoms with van der Waals surface area (Å²) >= 11 is 0. The van der Waals surface area contributed by atoms with E-state index in [-0.39, 0.29) is 12.1 Å². The Morgan fingerprint density at radius 1 is 1.44 bits per heavy atom. The summed E-state index contributed by atoms with van der Waals surface area (Å²) in [6, 6.07) is 6.92. The third kappa shape index (κ3) is 1.49. The molecule has 6 nitrogen and oxygen atoms in total. The van der Waals surface area contributed by atoms with Crippen LogP contribution < -0.4 is 21.8 Å². The number of fused-ring (bicyclic) bond motifs is 1. The summed E-state index contributed by atoms with van der Waals surface area (Å²) in [5, 5.41) is 20.6. The van der Waals surface area contributed by atoms with Crippen molar-refractivity contribution in [3.8, 4) is 0 Å². The average Bonchev–Trinajstić information content (AvgIpc) is 2.72. The molecule has 1 aromatic carbocycles. The van der Waals surface area contributed by atoms with Crippen LogP contribution in [0.25, 0.3) is 5.57 Å². The molecule has 1 aliphatic rings. The Kier molecular flexibility index (Phi) is 2.47. The van der Waals surface area contributed by atoms with Gasteiger partial charge in [0.1, 0.15) is 0 Å². The molecule has 5 N–H and O–H groups in total. The van der Waals surface area contributed by atoms with E-state index < -0.39 is 11.7 Å². The van der Waals surface area contributed by atoms with E-state index in [0.29, 0.717) is 10.6 Å². The SMILES string of the molecule is NNC(=O)C(O)(O)C1=c2ccccc2=NC1. The minimum atomic E-state index is -2.62. The number of para-hydroxylation sites is 1. The van der Waals surface area contributed by atoms with Crippen molar-refractivity contribution >= 4 is 11.5 Å². The first-order valence-corrected chi connectivity index (χ1v) is 4.66. The fourth-order valence-corrected chi connectivity index (χ4v) is 1.65. The van der Waals surface area contributed by atoms with Crippen molar-refractivity contribution in [2.75, 3.05) is 6.54 Å². The van der Waals surface area contributed by atoms with Gasteiger partial charge in [0.05, 0.1) is 11.9 Å². The van der Waals surface area contributed by atoms with Crippen molar-refractivity contribution in [3.63, 3.8) is 0 Å². The maximum Gasteiger partial charge on any atom is 0.298 e. The zero-order valence-electron chi connectivity index (χ0n) is 8.34. The van der Waals surface area contributed by atoms with E-state index in [0.717, 1.165) is 0 Å². The van der Waals surface area contributed by atoms with Gasteiger partial charge in [0.2, 0.25) is 0 Å². The zero-order valence-corrected chi connectivity index (χ0v) is 8.34. The minimum Gasteiger partial charge on any atom is -0.355 e. The molecule has 0 fully saturated rings. The van der Waals surface area contributed by atoms with Crippen LogP contribution in [0, 0.1) is 0 Å². The second kappa shape index (κ2) is 3.67. The van der Waals surface area contributed by atoms with Crippen LogP contribution in [0.3, 0.4) is 0 Å². The summed E-state index contributed by atoms with van der Waals surface area (Å²) in [4.78, 5) is 15.3. The first-order valence-electron chi connectivity index (χ1n) is 4.66. The number of nitrogens with two attached hydrogens (primary N) is 1. The van der Waals surface area contributed by atoms with Gasteiger partial charge < -0.3 is 10.2 Å². The van der Waals surface area contributed by atoms with Crippen LogP contribution in [-0.4, -0.2) is 28.5 Å². The molecule has 0 atom stereocenters. The van der Waals surface area contributed by atoms with Gasteiger partial charge in [0.25, 0.3) is 11.7 Å². The van der Waals surface area contributed by atoms with Crippen LogP contribution in [0.4, 0.5) is 0 Å². The van der Waals surface area contributed by atoms with Crippen LogP contribution in [0.15, 0.2) is 29.3 Å². The molecule has 0 saturated heterocycles. The van der Waals surface area contributed by atoms with Gasteiger partial charge in [-0.15, -0.1) is 0 Å². The summed E-state index contributed by atoms with van der Waals surface area (Å²) in [5.74, 6) is 1.19. The summed E-state index contributed by atoms with van der Waals surface area (Å²) < 4.78 is 0. The van der Waals surface area contributed by atoms with Gasteiger partial charge in [-0.25, -0.2) is 5.84 Å². The second-order valence-corrected chi connectivity index (χ2v) is 3.46. The highest BCUT2D eigenvalue weighted by Gasteiger charge is 2.38. The molecule has 0 aromatic heterocycles. The Labute approximate surface area is 90.7 Å². The Hall–Kier alpha value is -1.76. The number of carbonyl (C=O) groups excluding carboxylic acids is 1. The summed E-state index contributed by atoms with van der Waals surface area (Å²) in [6.45, 7) is 0.0692. The van der Waals surface area contributed by atoms with Crippen molar-refractivity contribution in [1.29, 1.82) is 0 Å². The van der Waals surface area contributed by atoms with Crippen molar-refractivity contribution < 1.29 is 15.0 Å².